The summed E-state index contributed by atoms with van der Waals surface area (Å²) in [4.78, 5) is 16.6. The molecule has 25 heavy (non-hydrogen) atoms. The second kappa shape index (κ2) is 7.79. The summed E-state index contributed by atoms with van der Waals surface area (Å²) in [6.07, 6.45) is 0.999. The van der Waals surface area contributed by atoms with Crippen molar-refractivity contribution in [3.63, 3.8) is 0 Å². The Morgan fingerprint density at radius 2 is 1.76 bits per heavy atom. The average molecular weight is 358 g/mol. The summed E-state index contributed by atoms with van der Waals surface area (Å²) < 4.78 is 0. The second-order valence-electron chi connectivity index (χ2n) is 6.39. The molecule has 0 unspecified atom stereocenters. The van der Waals surface area contributed by atoms with Gasteiger partial charge in [-0.3, -0.25) is 0 Å². The van der Waals surface area contributed by atoms with Gasteiger partial charge in [-0.15, -0.1) is 0 Å². The molecule has 0 bridgehead atoms. The van der Waals surface area contributed by atoms with Crippen LogP contribution in [0.5, 0.6) is 0 Å². The predicted molar refractivity (Wildman–Crippen MR) is 105 cm³/mol. The summed E-state index contributed by atoms with van der Waals surface area (Å²) >= 11 is 6.22. The zero-order chi connectivity index (χ0) is 17.8. The topological polar surface area (TPSA) is 35.6 Å². The molecule has 0 radical (unpaired) electrons. The van der Waals surface area contributed by atoms with Crippen LogP contribution in [0.1, 0.15) is 18.1 Å². The number of aryl methyl sites for hydroxylation is 2. The third-order valence-electron chi connectivity index (χ3n) is 4.70. The Bertz CT molecular complexity index is 737. The van der Waals surface area contributed by atoms with Gasteiger partial charge in [0.2, 0.25) is 0 Å². The van der Waals surface area contributed by atoms with Gasteiger partial charge >= 0.3 is 6.03 Å². The van der Waals surface area contributed by atoms with Gasteiger partial charge in [0.1, 0.15) is 0 Å². The van der Waals surface area contributed by atoms with Gasteiger partial charge in [0.15, 0.2) is 0 Å². The monoisotopic (exact) mass is 357 g/mol. The number of anilines is 2. The predicted octanol–water partition coefficient (Wildman–Crippen LogP) is 4.56. The summed E-state index contributed by atoms with van der Waals surface area (Å²) in [7, 11) is 0. The van der Waals surface area contributed by atoms with E-state index >= 15 is 0 Å². The summed E-state index contributed by atoms with van der Waals surface area (Å²) in [6.45, 7) is 7.13. The molecule has 0 aliphatic carbocycles. The third-order valence-corrected chi connectivity index (χ3v) is 5.11. The van der Waals surface area contributed by atoms with Crippen molar-refractivity contribution in [2.75, 3.05) is 36.4 Å². The van der Waals surface area contributed by atoms with E-state index in [2.05, 4.69) is 35.3 Å². The number of urea groups is 1. The lowest BCUT2D eigenvalue weighted by atomic mass is 10.1. The number of hydrogen-bond acceptors (Lipinski definition) is 2. The van der Waals surface area contributed by atoms with Crippen LogP contribution < -0.4 is 10.2 Å². The van der Waals surface area contributed by atoms with Crippen LogP contribution in [0.15, 0.2) is 42.5 Å². The summed E-state index contributed by atoms with van der Waals surface area (Å²) in [5.74, 6) is 0. The Balaban J connectivity index is 1.55. The Kier molecular flexibility index (Phi) is 5.49. The molecule has 1 aliphatic rings. The number of nitrogens with one attached hydrogen (secondary N) is 1. The maximum absolute atomic E-state index is 12.4. The summed E-state index contributed by atoms with van der Waals surface area (Å²) in [5.41, 5.74) is 4.31. The molecule has 1 aliphatic heterocycles. The van der Waals surface area contributed by atoms with E-state index in [9.17, 15) is 4.79 Å². The first-order valence-corrected chi connectivity index (χ1v) is 9.10. The van der Waals surface area contributed by atoms with Crippen LogP contribution >= 0.6 is 11.6 Å². The largest absolute Gasteiger partial charge is 0.368 e. The number of amides is 2. The number of benzene rings is 2. The van der Waals surface area contributed by atoms with Crippen LogP contribution in [0.3, 0.4) is 0 Å². The molecule has 2 aromatic rings. The van der Waals surface area contributed by atoms with E-state index in [4.69, 9.17) is 11.6 Å². The normalized spacial score (nSPS) is 14.5. The lowest BCUT2D eigenvalue weighted by Crippen LogP contribution is -2.50. The highest BCUT2D eigenvalue weighted by molar-refractivity contribution is 6.31. The van der Waals surface area contributed by atoms with Crippen LogP contribution in [0, 0.1) is 6.92 Å². The van der Waals surface area contributed by atoms with Crippen LogP contribution in [0.4, 0.5) is 16.2 Å². The lowest BCUT2D eigenvalue weighted by molar-refractivity contribution is 0.208. The van der Waals surface area contributed by atoms with Crippen molar-refractivity contribution in [2.24, 2.45) is 0 Å². The summed E-state index contributed by atoms with van der Waals surface area (Å²) in [6, 6.07) is 14.1. The van der Waals surface area contributed by atoms with Crippen LogP contribution in [0.25, 0.3) is 0 Å². The first kappa shape index (κ1) is 17.6. The summed E-state index contributed by atoms with van der Waals surface area (Å²) in [5, 5.41) is 3.77. The molecule has 0 aromatic heterocycles. The van der Waals surface area contributed by atoms with Gasteiger partial charge in [-0.05, 0) is 48.7 Å². The molecular formula is C20H24ClN3O. The maximum Gasteiger partial charge on any atom is 0.321 e. The van der Waals surface area contributed by atoms with E-state index in [1.165, 1.54) is 5.56 Å². The fraction of sp³-hybridized carbons (Fsp3) is 0.350. The van der Waals surface area contributed by atoms with Crippen molar-refractivity contribution in [3.8, 4) is 0 Å². The molecule has 0 atom stereocenters. The number of piperazine rings is 1. The number of rotatable bonds is 3. The highest BCUT2D eigenvalue weighted by Gasteiger charge is 2.21. The third kappa shape index (κ3) is 4.26. The van der Waals surface area contributed by atoms with Crippen LogP contribution in [-0.4, -0.2) is 37.1 Å². The minimum absolute atomic E-state index is 0.0363. The van der Waals surface area contributed by atoms with E-state index in [0.29, 0.717) is 13.1 Å². The number of halogens is 1. The first-order valence-electron chi connectivity index (χ1n) is 8.73. The highest BCUT2D eigenvalue weighted by atomic mass is 35.5. The smallest absolute Gasteiger partial charge is 0.321 e. The highest BCUT2D eigenvalue weighted by Crippen LogP contribution is 2.24. The number of hydrogen-bond donors (Lipinski definition) is 1. The van der Waals surface area contributed by atoms with E-state index in [-0.39, 0.29) is 6.03 Å². The molecule has 5 heteroatoms. The molecule has 2 aromatic carbocycles. The van der Waals surface area contributed by atoms with E-state index in [1.807, 2.05) is 36.1 Å². The molecule has 3 rings (SSSR count). The van der Waals surface area contributed by atoms with Gasteiger partial charge in [0.05, 0.1) is 0 Å². The van der Waals surface area contributed by atoms with Crippen molar-refractivity contribution in [1.29, 1.82) is 0 Å². The molecule has 1 N–H and O–H groups in total. The molecule has 1 saturated heterocycles. The molecule has 0 saturated carbocycles. The molecule has 4 nitrogen and oxygen atoms in total. The molecular weight excluding hydrogens is 334 g/mol. The zero-order valence-corrected chi connectivity index (χ0v) is 15.5. The van der Waals surface area contributed by atoms with Crippen LogP contribution in [-0.2, 0) is 6.42 Å². The molecule has 2 amide bonds. The zero-order valence-electron chi connectivity index (χ0n) is 14.8. The van der Waals surface area contributed by atoms with E-state index < -0.39 is 0 Å². The molecule has 1 heterocycles. The number of carbonyl (C=O) groups is 1. The van der Waals surface area contributed by atoms with Crippen molar-refractivity contribution in [3.05, 3.63) is 58.6 Å². The molecule has 0 spiro atoms. The molecule has 1 fully saturated rings. The lowest BCUT2D eigenvalue weighted by Gasteiger charge is -2.36. The number of nitrogens with zero attached hydrogens (tertiary/aromatic N) is 2. The second-order valence-corrected chi connectivity index (χ2v) is 6.80. The van der Waals surface area contributed by atoms with Gasteiger partial charge in [-0.1, -0.05) is 36.7 Å². The van der Waals surface area contributed by atoms with Crippen molar-refractivity contribution >= 4 is 29.0 Å². The fourth-order valence-electron chi connectivity index (χ4n) is 2.97. The van der Waals surface area contributed by atoms with E-state index in [1.54, 1.807) is 0 Å². The SMILES string of the molecule is CCc1ccc(NC(=O)N2CCN(c3ccc(C)c(Cl)c3)CC2)cc1. The number of carbonyl (C=O) groups excluding carboxylic acids is 1. The average Bonchev–Trinajstić information content (AvgIpc) is 2.65. The Morgan fingerprint density at radius 1 is 1.08 bits per heavy atom. The molecule has 132 valence electrons. The Morgan fingerprint density at radius 3 is 2.36 bits per heavy atom. The first-order chi connectivity index (χ1) is 12.1. The van der Waals surface area contributed by atoms with Gasteiger partial charge in [0, 0.05) is 42.6 Å². The van der Waals surface area contributed by atoms with Gasteiger partial charge < -0.3 is 15.1 Å². The minimum atomic E-state index is -0.0363. The minimum Gasteiger partial charge on any atom is -0.368 e. The van der Waals surface area contributed by atoms with Crippen molar-refractivity contribution in [1.82, 2.24) is 4.90 Å². The van der Waals surface area contributed by atoms with Gasteiger partial charge in [-0.2, -0.15) is 0 Å². The Hall–Kier alpha value is -2.20. The van der Waals surface area contributed by atoms with Crippen molar-refractivity contribution in [2.45, 2.75) is 20.3 Å². The van der Waals surface area contributed by atoms with E-state index in [0.717, 1.165) is 41.5 Å². The quantitative estimate of drug-likeness (QED) is 0.873. The standard InChI is InChI=1S/C20H24ClN3O/c1-3-16-5-7-17(8-6-16)22-20(25)24-12-10-23(11-13-24)18-9-4-15(2)19(21)14-18/h4-9,14H,3,10-13H2,1-2H3,(H,22,25). The Labute approximate surface area is 154 Å². The van der Waals surface area contributed by atoms with Gasteiger partial charge in [-0.25, -0.2) is 4.79 Å². The fourth-order valence-corrected chi connectivity index (χ4v) is 3.15. The maximum atomic E-state index is 12.4. The van der Waals surface area contributed by atoms with Crippen LogP contribution in [0.2, 0.25) is 5.02 Å². The van der Waals surface area contributed by atoms with Gasteiger partial charge in [0.25, 0.3) is 0 Å². The van der Waals surface area contributed by atoms with Crippen molar-refractivity contribution < 1.29 is 4.79 Å².